The molecular formula is C17H21F3N8. The van der Waals surface area contributed by atoms with Crippen molar-refractivity contribution in [1.29, 1.82) is 5.26 Å². The van der Waals surface area contributed by atoms with Crippen molar-refractivity contribution in [2.45, 2.75) is 25.6 Å². The maximum absolute atomic E-state index is 12.7. The van der Waals surface area contributed by atoms with Crippen molar-refractivity contribution in [3.63, 3.8) is 0 Å². The molecule has 2 aromatic heterocycles. The fourth-order valence-corrected chi connectivity index (χ4v) is 3.59. The zero-order valence-corrected chi connectivity index (χ0v) is 15.5. The van der Waals surface area contributed by atoms with Crippen LogP contribution in [0.15, 0.2) is 18.6 Å². The van der Waals surface area contributed by atoms with E-state index in [4.69, 9.17) is 0 Å². The Hall–Kier alpha value is -2.87. The molecule has 3 rings (SSSR count). The van der Waals surface area contributed by atoms with E-state index in [-0.39, 0.29) is 12.0 Å². The fourth-order valence-electron chi connectivity index (χ4n) is 3.59. The van der Waals surface area contributed by atoms with Crippen LogP contribution in [0.5, 0.6) is 0 Å². The second-order valence-corrected chi connectivity index (χ2v) is 6.80. The summed E-state index contributed by atoms with van der Waals surface area (Å²) in [5.74, 6) is 0.692. The Labute approximate surface area is 160 Å². The smallest absolute Gasteiger partial charge is 0.372 e. The SMILES string of the molecule is CNc1nc(N(c2cn[nH]c2)C2CCN(CC(F)(F)F)CC2C)ncc1C#N. The monoisotopic (exact) mass is 394 g/mol. The Kier molecular flexibility index (Phi) is 5.69. The van der Waals surface area contributed by atoms with Crippen LogP contribution in [0.3, 0.4) is 0 Å². The molecule has 2 aromatic rings. The van der Waals surface area contributed by atoms with Crippen molar-refractivity contribution >= 4 is 17.5 Å². The molecule has 2 N–H and O–H groups in total. The Morgan fingerprint density at radius 3 is 2.79 bits per heavy atom. The number of aromatic nitrogens is 4. The van der Waals surface area contributed by atoms with Gasteiger partial charge in [0.1, 0.15) is 17.5 Å². The number of hydrogen-bond acceptors (Lipinski definition) is 7. The molecule has 2 atom stereocenters. The van der Waals surface area contributed by atoms with Gasteiger partial charge in [-0.15, -0.1) is 0 Å². The second-order valence-electron chi connectivity index (χ2n) is 6.80. The largest absolute Gasteiger partial charge is 0.401 e. The van der Waals surface area contributed by atoms with E-state index in [1.54, 1.807) is 19.4 Å². The predicted molar refractivity (Wildman–Crippen MR) is 97.1 cm³/mol. The summed E-state index contributed by atoms with van der Waals surface area (Å²) in [6.07, 6.45) is 1.05. The lowest BCUT2D eigenvalue weighted by Gasteiger charge is -2.42. The maximum Gasteiger partial charge on any atom is 0.401 e. The number of nitrogens with one attached hydrogen (secondary N) is 2. The van der Waals surface area contributed by atoms with Crippen LogP contribution >= 0.6 is 0 Å². The molecule has 11 heteroatoms. The summed E-state index contributed by atoms with van der Waals surface area (Å²) in [7, 11) is 1.66. The molecule has 28 heavy (non-hydrogen) atoms. The van der Waals surface area contributed by atoms with Crippen molar-refractivity contribution in [2.75, 3.05) is 36.9 Å². The van der Waals surface area contributed by atoms with Crippen LogP contribution in [0.25, 0.3) is 0 Å². The highest BCUT2D eigenvalue weighted by Crippen LogP contribution is 2.33. The molecule has 0 radical (unpaired) electrons. The number of alkyl halides is 3. The minimum Gasteiger partial charge on any atom is -0.372 e. The molecule has 1 fully saturated rings. The number of likely N-dealkylation sites (tertiary alicyclic amines) is 1. The average molecular weight is 394 g/mol. The molecule has 0 spiro atoms. The van der Waals surface area contributed by atoms with Crippen molar-refractivity contribution in [3.8, 4) is 6.07 Å². The van der Waals surface area contributed by atoms with Gasteiger partial charge in [0, 0.05) is 32.4 Å². The molecule has 1 saturated heterocycles. The van der Waals surface area contributed by atoms with Crippen molar-refractivity contribution in [1.82, 2.24) is 25.1 Å². The zero-order valence-electron chi connectivity index (χ0n) is 15.5. The van der Waals surface area contributed by atoms with E-state index in [1.807, 2.05) is 17.9 Å². The maximum atomic E-state index is 12.7. The molecule has 2 unspecified atom stereocenters. The predicted octanol–water partition coefficient (Wildman–Crippen LogP) is 2.52. The van der Waals surface area contributed by atoms with Gasteiger partial charge in [0.2, 0.25) is 5.95 Å². The summed E-state index contributed by atoms with van der Waals surface area (Å²) in [5.41, 5.74) is 1.03. The lowest BCUT2D eigenvalue weighted by Crippen LogP contribution is -2.51. The third-order valence-electron chi connectivity index (χ3n) is 4.79. The van der Waals surface area contributed by atoms with Gasteiger partial charge >= 0.3 is 6.18 Å². The van der Waals surface area contributed by atoms with E-state index >= 15 is 0 Å². The first-order chi connectivity index (χ1) is 13.3. The van der Waals surface area contributed by atoms with Gasteiger partial charge in [-0.05, 0) is 12.3 Å². The Morgan fingerprint density at radius 2 is 2.21 bits per heavy atom. The summed E-state index contributed by atoms with van der Waals surface area (Å²) >= 11 is 0. The van der Waals surface area contributed by atoms with Crippen LogP contribution in [0.1, 0.15) is 18.9 Å². The van der Waals surface area contributed by atoms with E-state index in [0.717, 1.165) is 0 Å². The first-order valence-corrected chi connectivity index (χ1v) is 8.84. The van der Waals surface area contributed by atoms with E-state index in [9.17, 15) is 18.4 Å². The van der Waals surface area contributed by atoms with Crippen LogP contribution in [-0.2, 0) is 0 Å². The Morgan fingerprint density at radius 1 is 1.43 bits per heavy atom. The lowest BCUT2D eigenvalue weighted by molar-refractivity contribution is -0.149. The number of nitrogens with zero attached hydrogens (tertiary/aromatic N) is 6. The highest BCUT2D eigenvalue weighted by Gasteiger charge is 2.38. The number of halogens is 3. The molecule has 150 valence electrons. The third-order valence-corrected chi connectivity index (χ3v) is 4.79. The van der Waals surface area contributed by atoms with Crippen molar-refractivity contribution in [3.05, 3.63) is 24.2 Å². The van der Waals surface area contributed by atoms with Gasteiger partial charge in [0.25, 0.3) is 0 Å². The molecule has 0 bridgehead atoms. The van der Waals surface area contributed by atoms with E-state index in [0.29, 0.717) is 42.5 Å². The molecule has 0 aliphatic carbocycles. The van der Waals surface area contributed by atoms with Gasteiger partial charge in [-0.2, -0.15) is 28.5 Å². The number of H-pyrrole nitrogens is 1. The van der Waals surface area contributed by atoms with Crippen molar-refractivity contribution < 1.29 is 13.2 Å². The molecule has 8 nitrogen and oxygen atoms in total. The van der Waals surface area contributed by atoms with Crippen LogP contribution in [0.2, 0.25) is 0 Å². The Bertz CT molecular complexity index is 830. The number of aromatic amines is 1. The molecule has 1 aliphatic heterocycles. The fraction of sp³-hybridized carbons (Fsp3) is 0.529. The number of anilines is 3. The molecule has 3 heterocycles. The average Bonchev–Trinajstić information content (AvgIpc) is 3.16. The van der Waals surface area contributed by atoms with E-state index in [2.05, 4.69) is 25.5 Å². The van der Waals surface area contributed by atoms with Gasteiger partial charge in [-0.3, -0.25) is 10.00 Å². The summed E-state index contributed by atoms with van der Waals surface area (Å²) in [6, 6.07) is 1.91. The molecule has 0 amide bonds. The summed E-state index contributed by atoms with van der Waals surface area (Å²) in [6.45, 7) is 1.64. The van der Waals surface area contributed by atoms with Crippen molar-refractivity contribution in [2.24, 2.45) is 5.92 Å². The molecule has 0 aromatic carbocycles. The van der Waals surface area contributed by atoms with Crippen LogP contribution in [0.4, 0.5) is 30.6 Å². The number of rotatable bonds is 5. The molecular weight excluding hydrogens is 373 g/mol. The van der Waals surface area contributed by atoms with Gasteiger partial charge in [-0.25, -0.2) is 4.98 Å². The first-order valence-electron chi connectivity index (χ1n) is 8.84. The van der Waals surface area contributed by atoms with Gasteiger partial charge in [0.05, 0.1) is 24.6 Å². The van der Waals surface area contributed by atoms with Crippen LogP contribution in [-0.4, -0.2) is 64.0 Å². The van der Waals surface area contributed by atoms with Gasteiger partial charge in [-0.1, -0.05) is 6.92 Å². The standard InChI is InChI=1S/C17H21F3N8/c1-11-9-27(10-17(18,19)20)4-3-14(11)28(13-7-24-25-8-13)16-23-6-12(5-21)15(22-2)26-16/h6-8,11,14H,3-4,9-10H2,1-2H3,(H,24,25)(H,22,23,26). The lowest BCUT2D eigenvalue weighted by atomic mass is 9.92. The molecule has 1 aliphatic rings. The highest BCUT2D eigenvalue weighted by molar-refractivity contribution is 5.60. The normalized spacial score (nSPS) is 20.6. The molecule has 0 saturated carbocycles. The topological polar surface area (TPSA) is 96.8 Å². The van der Waals surface area contributed by atoms with E-state index < -0.39 is 12.7 Å². The third kappa shape index (κ3) is 4.33. The van der Waals surface area contributed by atoms with Crippen LogP contribution in [0, 0.1) is 17.2 Å². The minimum atomic E-state index is -4.21. The second kappa shape index (κ2) is 8.02. The van der Waals surface area contributed by atoms with Gasteiger partial charge < -0.3 is 10.2 Å². The summed E-state index contributed by atoms with van der Waals surface area (Å²) < 4.78 is 38.2. The highest BCUT2D eigenvalue weighted by atomic mass is 19.4. The number of hydrogen-bond donors (Lipinski definition) is 2. The number of piperidine rings is 1. The summed E-state index contributed by atoms with van der Waals surface area (Å²) in [5, 5.41) is 18.8. The van der Waals surface area contributed by atoms with Gasteiger partial charge in [0.15, 0.2) is 0 Å². The van der Waals surface area contributed by atoms with Crippen LogP contribution < -0.4 is 10.2 Å². The summed E-state index contributed by atoms with van der Waals surface area (Å²) in [4.78, 5) is 12.1. The van der Waals surface area contributed by atoms with E-state index in [1.165, 1.54) is 11.1 Å². The minimum absolute atomic E-state index is 0.0664. The number of nitriles is 1. The zero-order chi connectivity index (χ0) is 20.3. The first kappa shape index (κ1) is 19.9. The Balaban J connectivity index is 1.90. The quantitative estimate of drug-likeness (QED) is 0.804.